The second-order valence-corrected chi connectivity index (χ2v) is 5.78. The number of aliphatic hydroxyl groups is 2. The quantitative estimate of drug-likeness (QED) is 0.265. The molecule has 0 aliphatic rings. The molecule has 0 radical (unpaired) electrons. The van der Waals surface area contributed by atoms with E-state index in [1.807, 2.05) is 43.4 Å². The number of carbonyl (C=O) groups is 1. The van der Waals surface area contributed by atoms with Crippen molar-refractivity contribution >= 4 is 5.97 Å². The van der Waals surface area contributed by atoms with Gasteiger partial charge in [-0.05, 0) is 32.1 Å². The predicted octanol–water partition coefficient (Wildman–Crippen LogP) is 4.58. The van der Waals surface area contributed by atoms with Crippen LogP contribution >= 0.6 is 0 Å². The Kier molecular flexibility index (Phi) is 14.6. The van der Waals surface area contributed by atoms with Crippen LogP contribution in [0.15, 0.2) is 72.9 Å². The summed E-state index contributed by atoms with van der Waals surface area (Å²) < 4.78 is 20.1. The molecule has 0 fully saturated rings. The van der Waals surface area contributed by atoms with Crippen LogP contribution in [0.3, 0.4) is 0 Å². The molecule has 0 aromatic carbocycles. The lowest BCUT2D eigenvalue weighted by atomic mass is 10.2. The molecule has 2 atom stereocenters. The van der Waals surface area contributed by atoms with Gasteiger partial charge < -0.3 is 14.9 Å². The normalized spacial score (nSPS) is 17.0. The zero-order valence-electron chi connectivity index (χ0n) is 18.4. The van der Waals surface area contributed by atoms with E-state index in [0.29, 0.717) is 32.1 Å². The van der Waals surface area contributed by atoms with E-state index in [0.717, 1.165) is 6.42 Å². The van der Waals surface area contributed by atoms with Crippen LogP contribution in [0.1, 0.15) is 48.2 Å². The Balaban J connectivity index is 4.26. The average molecular weight is 377 g/mol. The highest BCUT2D eigenvalue weighted by Crippen LogP contribution is 2.00. The summed E-state index contributed by atoms with van der Waals surface area (Å²) in [4.78, 5) is 10.9. The van der Waals surface area contributed by atoms with Gasteiger partial charge in [0, 0.05) is 6.42 Å². The molecule has 0 amide bonds. The molecule has 2 N–H and O–H groups in total. The highest BCUT2D eigenvalue weighted by molar-refractivity contribution is 5.69. The van der Waals surface area contributed by atoms with E-state index in [-0.39, 0.29) is 18.1 Å². The zero-order chi connectivity index (χ0) is 21.9. The summed E-state index contributed by atoms with van der Waals surface area (Å²) in [6.45, 7) is 2.01. The first-order valence-corrected chi connectivity index (χ1v) is 9.31. The van der Waals surface area contributed by atoms with Crippen molar-refractivity contribution in [3.63, 3.8) is 0 Å². The fraction of sp³-hybridized carbons (Fsp3) is 0.435. The SMILES string of the molecule is [2H]C(/C=C\C([2H])=C\[C@@H](O)C/C=C\C/C=C\CCC(=O)OC)=C\[C@@H](O)C/C=C\CC. The lowest BCUT2D eigenvalue weighted by molar-refractivity contribution is -0.140. The molecule has 4 heteroatoms. The lowest BCUT2D eigenvalue weighted by Gasteiger charge is -1.99. The minimum atomic E-state index is -0.783. The number of allylic oxidation sites excluding steroid dienone is 8. The van der Waals surface area contributed by atoms with Crippen LogP contribution in [0.2, 0.25) is 0 Å². The molecule has 0 aliphatic heterocycles. The van der Waals surface area contributed by atoms with E-state index >= 15 is 0 Å². The van der Waals surface area contributed by atoms with E-state index < -0.39 is 12.2 Å². The van der Waals surface area contributed by atoms with Gasteiger partial charge in [0.1, 0.15) is 0 Å². The van der Waals surface area contributed by atoms with E-state index in [2.05, 4.69) is 4.74 Å². The number of esters is 1. The van der Waals surface area contributed by atoms with E-state index in [9.17, 15) is 15.0 Å². The van der Waals surface area contributed by atoms with Crippen LogP contribution in [0.5, 0.6) is 0 Å². The Labute approximate surface area is 166 Å². The molecule has 0 saturated carbocycles. The smallest absolute Gasteiger partial charge is 0.305 e. The molecular formula is C23H34O4. The number of aliphatic hydroxyl groups excluding tert-OH is 2. The molecule has 0 aromatic rings. The second kappa shape index (κ2) is 18.6. The standard InChI is InChI=1S/C23H34O4/c1-3-4-11-16-21(24)18-13-9-10-14-19-22(25)17-12-7-5-6-8-15-20-23(26)27-2/h4,6-14,18-19,21-22,24-25H,3,5,15-17,20H2,1-2H3/b8-6-,10-9-,11-4-,12-7-,18-13+,19-14+/t21-,22-/m0/s1/i13D,14D. The third-order valence-corrected chi connectivity index (χ3v) is 3.36. The van der Waals surface area contributed by atoms with Crippen LogP contribution in [-0.2, 0) is 9.53 Å². The van der Waals surface area contributed by atoms with Crippen molar-refractivity contribution in [2.24, 2.45) is 0 Å². The predicted molar refractivity (Wildman–Crippen MR) is 112 cm³/mol. The number of rotatable bonds is 14. The highest BCUT2D eigenvalue weighted by atomic mass is 16.5. The van der Waals surface area contributed by atoms with Crippen LogP contribution in [-0.4, -0.2) is 35.5 Å². The fourth-order valence-electron chi connectivity index (χ4n) is 1.90. The summed E-state index contributed by atoms with van der Waals surface area (Å²) in [6.07, 6.45) is 19.0. The number of ether oxygens (including phenoxy) is 1. The topological polar surface area (TPSA) is 66.8 Å². The maximum Gasteiger partial charge on any atom is 0.305 e. The Hall–Kier alpha value is -2.17. The van der Waals surface area contributed by atoms with Crippen LogP contribution in [0.25, 0.3) is 0 Å². The van der Waals surface area contributed by atoms with Gasteiger partial charge in [0.15, 0.2) is 0 Å². The van der Waals surface area contributed by atoms with Gasteiger partial charge >= 0.3 is 5.97 Å². The van der Waals surface area contributed by atoms with Crippen molar-refractivity contribution in [2.45, 2.75) is 57.7 Å². The van der Waals surface area contributed by atoms with E-state index in [1.165, 1.54) is 31.4 Å². The first-order chi connectivity index (χ1) is 13.9. The van der Waals surface area contributed by atoms with Crippen molar-refractivity contribution < 1.29 is 22.5 Å². The molecule has 0 unspecified atom stereocenters. The highest BCUT2D eigenvalue weighted by Gasteiger charge is 1.95. The van der Waals surface area contributed by atoms with Gasteiger partial charge in [0.2, 0.25) is 0 Å². The minimum absolute atomic E-state index is 0.104. The summed E-state index contributed by atoms with van der Waals surface area (Å²) in [7, 11) is 1.37. The summed E-state index contributed by atoms with van der Waals surface area (Å²) in [6, 6.07) is 0.223. The van der Waals surface area contributed by atoms with Gasteiger partial charge in [-0.2, -0.15) is 0 Å². The van der Waals surface area contributed by atoms with Gasteiger partial charge in [-0.15, -0.1) is 0 Å². The van der Waals surface area contributed by atoms with Crippen LogP contribution < -0.4 is 0 Å². The Morgan fingerprint density at radius 3 is 2.07 bits per heavy atom. The lowest BCUT2D eigenvalue weighted by Crippen LogP contribution is -1.99. The summed E-state index contributed by atoms with van der Waals surface area (Å²) >= 11 is 0. The zero-order valence-corrected chi connectivity index (χ0v) is 16.4. The van der Waals surface area contributed by atoms with Gasteiger partial charge in [0.05, 0.1) is 22.1 Å². The van der Waals surface area contributed by atoms with Gasteiger partial charge in [-0.3, -0.25) is 4.79 Å². The maximum atomic E-state index is 10.9. The maximum absolute atomic E-state index is 10.9. The molecule has 0 rings (SSSR count). The molecule has 0 saturated heterocycles. The molecular weight excluding hydrogens is 340 g/mol. The van der Waals surface area contributed by atoms with Crippen molar-refractivity contribution in [1.82, 2.24) is 0 Å². The Bertz CT molecular complexity index is 631. The van der Waals surface area contributed by atoms with Gasteiger partial charge in [-0.25, -0.2) is 0 Å². The molecule has 0 aromatic heterocycles. The van der Waals surface area contributed by atoms with Crippen LogP contribution in [0.4, 0.5) is 0 Å². The first-order valence-electron chi connectivity index (χ1n) is 10.3. The summed E-state index contributed by atoms with van der Waals surface area (Å²) in [5.74, 6) is -0.228. The minimum Gasteiger partial charge on any atom is -0.469 e. The first kappa shape index (κ1) is 21.1. The number of carbonyl (C=O) groups excluding carboxylic acids is 1. The number of hydrogen-bond donors (Lipinski definition) is 2. The van der Waals surface area contributed by atoms with E-state index in [4.69, 9.17) is 2.74 Å². The fourth-order valence-corrected chi connectivity index (χ4v) is 1.90. The number of hydrogen-bond acceptors (Lipinski definition) is 4. The monoisotopic (exact) mass is 376 g/mol. The molecule has 27 heavy (non-hydrogen) atoms. The molecule has 0 spiro atoms. The van der Waals surface area contributed by atoms with Crippen LogP contribution in [0, 0.1) is 0 Å². The largest absolute Gasteiger partial charge is 0.469 e. The van der Waals surface area contributed by atoms with Crippen molar-refractivity contribution in [1.29, 1.82) is 0 Å². The van der Waals surface area contributed by atoms with Crippen molar-refractivity contribution in [3.8, 4) is 0 Å². The van der Waals surface area contributed by atoms with E-state index in [1.54, 1.807) is 0 Å². The molecule has 0 aliphatic carbocycles. The summed E-state index contributed by atoms with van der Waals surface area (Å²) in [5.41, 5.74) is 0. The third-order valence-electron chi connectivity index (χ3n) is 3.36. The Morgan fingerprint density at radius 2 is 1.52 bits per heavy atom. The molecule has 0 bridgehead atoms. The van der Waals surface area contributed by atoms with Gasteiger partial charge in [0.25, 0.3) is 0 Å². The third kappa shape index (κ3) is 18.4. The Morgan fingerprint density at radius 1 is 0.963 bits per heavy atom. The second-order valence-electron chi connectivity index (χ2n) is 5.78. The van der Waals surface area contributed by atoms with Crippen molar-refractivity contribution in [3.05, 3.63) is 72.9 Å². The molecule has 0 heterocycles. The number of methoxy groups -OCH3 is 1. The molecule has 4 nitrogen and oxygen atoms in total. The molecule has 150 valence electrons. The average Bonchev–Trinajstić information content (AvgIpc) is 2.68. The van der Waals surface area contributed by atoms with Gasteiger partial charge in [-0.1, -0.05) is 79.8 Å². The van der Waals surface area contributed by atoms with Crippen molar-refractivity contribution in [2.75, 3.05) is 7.11 Å². The summed E-state index contributed by atoms with van der Waals surface area (Å²) in [5, 5.41) is 19.7.